The van der Waals surface area contributed by atoms with E-state index in [1.807, 2.05) is 18.2 Å². The maximum atomic E-state index is 10.8. The molecule has 0 saturated carbocycles. The molecule has 2 heterocycles. The smallest absolute Gasteiger partial charge is 0.313 e. The van der Waals surface area contributed by atoms with Crippen LogP contribution in [0.3, 0.4) is 0 Å². The third-order valence-electron chi connectivity index (χ3n) is 3.46. The molecule has 0 spiro atoms. The molecule has 112 valence electrons. The number of benzene rings is 1. The van der Waals surface area contributed by atoms with Gasteiger partial charge in [0.05, 0.1) is 23.4 Å². The van der Waals surface area contributed by atoms with Crippen molar-refractivity contribution in [1.82, 2.24) is 9.55 Å². The minimum absolute atomic E-state index is 0.0195. The second kappa shape index (κ2) is 6.37. The fourth-order valence-electron chi connectivity index (χ4n) is 2.47. The van der Waals surface area contributed by atoms with Crippen molar-refractivity contribution in [3.8, 4) is 0 Å². The van der Waals surface area contributed by atoms with Gasteiger partial charge in [-0.3, -0.25) is 4.79 Å². The molecule has 1 aromatic carbocycles. The van der Waals surface area contributed by atoms with E-state index in [0.29, 0.717) is 5.92 Å². The molecule has 1 atom stereocenters. The molecule has 1 aromatic heterocycles. The van der Waals surface area contributed by atoms with Crippen LogP contribution in [0, 0.1) is 5.92 Å². The fourth-order valence-corrected chi connectivity index (χ4v) is 3.57. The van der Waals surface area contributed by atoms with Crippen LogP contribution in [0.1, 0.15) is 6.42 Å². The largest absolute Gasteiger partial charge is 0.481 e. The van der Waals surface area contributed by atoms with Gasteiger partial charge >= 0.3 is 5.97 Å². The number of ether oxygens (including phenoxy) is 1. The molecule has 1 aliphatic heterocycles. The molecular formula is C14H15BrN2O3S. The molecule has 1 N–H and O–H groups in total. The Labute approximate surface area is 134 Å². The van der Waals surface area contributed by atoms with Crippen molar-refractivity contribution in [1.29, 1.82) is 0 Å². The van der Waals surface area contributed by atoms with E-state index in [9.17, 15) is 4.79 Å². The molecule has 3 rings (SSSR count). The van der Waals surface area contributed by atoms with Crippen LogP contribution in [0.15, 0.2) is 27.8 Å². The number of imidazole rings is 1. The predicted octanol–water partition coefficient (Wildman–Crippen LogP) is 3.01. The second-order valence-electron chi connectivity index (χ2n) is 5.05. The van der Waals surface area contributed by atoms with Gasteiger partial charge in [-0.2, -0.15) is 0 Å². The highest BCUT2D eigenvalue weighted by molar-refractivity contribution is 9.10. The summed E-state index contributed by atoms with van der Waals surface area (Å²) in [4.78, 5) is 15.4. The normalized spacial score (nSPS) is 18.4. The molecule has 0 amide bonds. The number of carbonyl (C=O) groups is 1. The van der Waals surface area contributed by atoms with Crippen LogP contribution in [0.4, 0.5) is 0 Å². The van der Waals surface area contributed by atoms with Crippen LogP contribution in [-0.4, -0.2) is 39.6 Å². The SMILES string of the molecule is O=C(O)CSc1nc2ccc(Br)cc2n1CC1CCOC1. The lowest BCUT2D eigenvalue weighted by Crippen LogP contribution is -2.12. The number of aliphatic carboxylic acids is 1. The molecular weight excluding hydrogens is 356 g/mol. The predicted molar refractivity (Wildman–Crippen MR) is 84.7 cm³/mol. The molecule has 5 nitrogen and oxygen atoms in total. The van der Waals surface area contributed by atoms with Crippen molar-refractivity contribution in [2.45, 2.75) is 18.1 Å². The van der Waals surface area contributed by atoms with E-state index in [1.165, 1.54) is 11.8 Å². The molecule has 2 aromatic rings. The number of hydrogen-bond acceptors (Lipinski definition) is 4. The Kier molecular flexibility index (Phi) is 4.51. The molecule has 0 bridgehead atoms. The zero-order valence-corrected chi connectivity index (χ0v) is 13.7. The Hall–Kier alpha value is -1.05. The number of nitrogens with zero attached hydrogens (tertiary/aromatic N) is 2. The Bertz CT molecular complexity index is 668. The van der Waals surface area contributed by atoms with E-state index in [4.69, 9.17) is 9.84 Å². The first-order valence-corrected chi connectivity index (χ1v) is 8.49. The van der Waals surface area contributed by atoms with Gasteiger partial charge in [-0.05, 0) is 24.6 Å². The standard InChI is InChI=1S/C14H15BrN2O3S/c15-10-1-2-11-12(5-10)17(6-9-3-4-20-7-9)14(16-11)21-8-13(18)19/h1-2,5,9H,3-4,6-8H2,(H,18,19). The summed E-state index contributed by atoms with van der Waals surface area (Å²) in [6, 6.07) is 5.93. The van der Waals surface area contributed by atoms with E-state index < -0.39 is 5.97 Å². The van der Waals surface area contributed by atoms with Crippen LogP contribution < -0.4 is 0 Å². The molecule has 1 unspecified atom stereocenters. The zero-order valence-electron chi connectivity index (χ0n) is 11.3. The zero-order chi connectivity index (χ0) is 14.8. The first-order valence-electron chi connectivity index (χ1n) is 6.71. The van der Waals surface area contributed by atoms with E-state index in [2.05, 4.69) is 25.5 Å². The summed E-state index contributed by atoms with van der Waals surface area (Å²) in [5.74, 6) is -0.347. The molecule has 1 aliphatic rings. The van der Waals surface area contributed by atoms with Gasteiger partial charge in [-0.25, -0.2) is 4.98 Å². The van der Waals surface area contributed by atoms with Gasteiger partial charge in [0, 0.05) is 23.5 Å². The Morgan fingerprint density at radius 3 is 3.14 bits per heavy atom. The quantitative estimate of drug-likeness (QED) is 0.819. The van der Waals surface area contributed by atoms with Gasteiger partial charge in [0.25, 0.3) is 0 Å². The highest BCUT2D eigenvalue weighted by atomic mass is 79.9. The van der Waals surface area contributed by atoms with Gasteiger partial charge in [-0.15, -0.1) is 0 Å². The Morgan fingerprint density at radius 1 is 1.57 bits per heavy atom. The van der Waals surface area contributed by atoms with Crippen LogP contribution in [-0.2, 0) is 16.1 Å². The van der Waals surface area contributed by atoms with Crippen LogP contribution in [0.5, 0.6) is 0 Å². The molecule has 21 heavy (non-hydrogen) atoms. The van der Waals surface area contributed by atoms with Crippen molar-refractivity contribution in [2.24, 2.45) is 5.92 Å². The van der Waals surface area contributed by atoms with E-state index in [1.54, 1.807) is 0 Å². The maximum absolute atomic E-state index is 10.8. The topological polar surface area (TPSA) is 64.3 Å². The second-order valence-corrected chi connectivity index (χ2v) is 6.91. The number of rotatable bonds is 5. The maximum Gasteiger partial charge on any atom is 0.313 e. The lowest BCUT2D eigenvalue weighted by Gasteiger charge is -2.12. The summed E-state index contributed by atoms with van der Waals surface area (Å²) >= 11 is 4.75. The van der Waals surface area contributed by atoms with Crippen LogP contribution in [0.25, 0.3) is 11.0 Å². The summed E-state index contributed by atoms with van der Waals surface area (Å²) in [6.45, 7) is 2.38. The van der Waals surface area contributed by atoms with Gasteiger partial charge in [0.15, 0.2) is 5.16 Å². The van der Waals surface area contributed by atoms with Crippen molar-refractivity contribution < 1.29 is 14.6 Å². The molecule has 0 aliphatic carbocycles. The third kappa shape index (κ3) is 3.41. The minimum Gasteiger partial charge on any atom is -0.481 e. The highest BCUT2D eigenvalue weighted by Gasteiger charge is 2.20. The summed E-state index contributed by atoms with van der Waals surface area (Å²) in [5, 5.41) is 9.65. The number of thioether (sulfide) groups is 1. The van der Waals surface area contributed by atoms with Crippen molar-refractivity contribution in [2.75, 3.05) is 19.0 Å². The summed E-state index contributed by atoms with van der Waals surface area (Å²) in [5.41, 5.74) is 1.93. The molecule has 1 saturated heterocycles. The number of fused-ring (bicyclic) bond motifs is 1. The monoisotopic (exact) mass is 370 g/mol. The van der Waals surface area contributed by atoms with Crippen molar-refractivity contribution in [3.63, 3.8) is 0 Å². The van der Waals surface area contributed by atoms with Gasteiger partial charge in [-0.1, -0.05) is 27.7 Å². The Balaban J connectivity index is 1.96. The minimum atomic E-state index is -0.830. The fraction of sp³-hybridized carbons (Fsp3) is 0.429. The van der Waals surface area contributed by atoms with Crippen molar-refractivity contribution in [3.05, 3.63) is 22.7 Å². The van der Waals surface area contributed by atoms with Crippen molar-refractivity contribution >= 4 is 44.7 Å². The first kappa shape index (κ1) is 14.9. The summed E-state index contributed by atoms with van der Waals surface area (Å²) < 4.78 is 8.55. The van der Waals surface area contributed by atoms with Crippen LogP contribution in [0.2, 0.25) is 0 Å². The number of halogens is 1. The van der Waals surface area contributed by atoms with Gasteiger partial charge < -0.3 is 14.4 Å². The lowest BCUT2D eigenvalue weighted by molar-refractivity contribution is -0.133. The molecule has 7 heteroatoms. The summed E-state index contributed by atoms with van der Waals surface area (Å²) in [7, 11) is 0. The van der Waals surface area contributed by atoms with E-state index in [-0.39, 0.29) is 5.75 Å². The Morgan fingerprint density at radius 2 is 2.43 bits per heavy atom. The van der Waals surface area contributed by atoms with E-state index >= 15 is 0 Å². The number of carboxylic acids is 1. The van der Waals surface area contributed by atoms with Gasteiger partial charge in [0.2, 0.25) is 0 Å². The van der Waals surface area contributed by atoms with Crippen LogP contribution >= 0.6 is 27.7 Å². The molecule has 1 fully saturated rings. The average molecular weight is 371 g/mol. The lowest BCUT2D eigenvalue weighted by atomic mass is 10.1. The first-order chi connectivity index (χ1) is 10.1. The average Bonchev–Trinajstić information content (AvgIpc) is 3.06. The third-order valence-corrected chi connectivity index (χ3v) is 4.92. The number of aromatic nitrogens is 2. The van der Waals surface area contributed by atoms with Gasteiger partial charge in [0.1, 0.15) is 0 Å². The molecule has 0 radical (unpaired) electrons. The highest BCUT2D eigenvalue weighted by Crippen LogP contribution is 2.28. The number of carboxylic acid groups (broad SMARTS) is 1. The van der Waals surface area contributed by atoms with E-state index in [0.717, 1.165) is 46.8 Å². The number of hydrogen-bond donors (Lipinski definition) is 1. The summed E-state index contributed by atoms with van der Waals surface area (Å²) in [6.07, 6.45) is 1.04.